The van der Waals surface area contributed by atoms with Gasteiger partial charge >= 0.3 is 5.97 Å². The molecule has 0 unspecified atom stereocenters. The molecule has 0 aromatic heterocycles. The summed E-state index contributed by atoms with van der Waals surface area (Å²) in [4.78, 5) is 24.5. The number of hydrogen-bond donors (Lipinski definition) is 1. The predicted molar refractivity (Wildman–Crippen MR) is 96.9 cm³/mol. The SMILES string of the molecule is CCOC(=O)c1cccc(NC(=O)[C@H](CC)Oc2ccc(F)cc2)c1C. The van der Waals surface area contributed by atoms with Crippen molar-refractivity contribution in [2.75, 3.05) is 11.9 Å². The van der Waals surface area contributed by atoms with Crippen LogP contribution in [0.2, 0.25) is 0 Å². The fourth-order valence-corrected chi connectivity index (χ4v) is 2.41. The minimum atomic E-state index is -0.744. The first-order valence-corrected chi connectivity index (χ1v) is 8.46. The van der Waals surface area contributed by atoms with Gasteiger partial charge in [0.15, 0.2) is 6.10 Å². The van der Waals surface area contributed by atoms with Crippen LogP contribution in [-0.2, 0) is 9.53 Å². The van der Waals surface area contributed by atoms with E-state index < -0.39 is 12.1 Å². The Balaban J connectivity index is 2.13. The topological polar surface area (TPSA) is 64.6 Å². The van der Waals surface area contributed by atoms with Crippen LogP contribution in [0, 0.1) is 12.7 Å². The molecular weight excluding hydrogens is 337 g/mol. The zero-order chi connectivity index (χ0) is 19.1. The van der Waals surface area contributed by atoms with Crippen LogP contribution in [0.4, 0.5) is 10.1 Å². The molecule has 2 aromatic carbocycles. The second-order valence-electron chi connectivity index (χ2n) is 5.66. The van der Waals surface area contributed by atoms with Crippen molar-refractivity contribution >= 4 is 17.6 Å². The Kier molecular flexibility index (Phi) is 6.72. The van der Waals surface area contributed by atoms with Crippen LogP contribution in [0.5, 0.6) is 5.75 Å². The van der Waals surface area contributed by atoms with E-state index in [1.54, 1.807) is 32.0 Å². The zero-order valence-electron chi connectivity index (χ0n) is 15.0. The molecule has 0 fully saturated rings. The highest BCUT2D eigenvalue weighted by atomic mass is 19.1. The molecule has 0 bridgehead atoms. The van der Waals surface area contributed by atoms with Crippen molar-refractivity contribution in [3.05, 3.63) is 59.4 Å². The maximum atomic E-state index is 13.0. The van der Waals surface area contributed by atoms with E-state index in [2.05, 4.69) is 5.32 Å². The quantitative estimate of drug-likeness (QED) is 0.756. The van der Waals surface area contributed by atoms with Crippen molar-refractivity contribution < 1.29 is 23.5 Å². The smallest absolute Gasteiger partial charge is 0.338 e. The average Bonchev–Trinajstić information content (AvgIpc) is 2.63. The summed E-state index contributed by atoms with van der Waals surface area (Å²) in [6.45, 7) is 5.56. The molecule has 26 heavy (non-hydrogen) atoms. The summed E-state index contributed by atoms with van der Waals surface area (Å²) in [6.07, 6.45) is -0.314. The van der Waals surface area contributed by atoms with Crippen LogP contribution in [0.25, 0.3) is 0 Å². The zero-order valence-corrected chi connectivity index (χ0v) is 15.0. The Labute approximate surface area is 152 Å². The molecule has 0 spiro atoms. The van der Waals surface area contributed by atoms with Gasteiger partial charge < -0.3 is 14.8 Å². The molecule has 2 aromatic rings. The van der Waals surface area contributed by atoms with E-state index in [1.165, 1.54) is 24.3 Å². The van der Waals surface area contributed by atoms with E-state index in [4.69, 9.17) is 9.47 Å². The number of ether oxygens (including phenoxy) is 2. The normalized spacial score (nSPS) is 11.5. The number of benzene rings is 2. The first-order chi connectivity index (χ1) is 12.5. The molecule has 138 valence electrons. The lowest BCUT2D eigenvalue weighted by atomic mass is 10.1. The highest BCUT2D eigenvalue weighted by Crippen LogP contribution is 2.21. The maximum absolute atomic E-state index is 13.0. The van der Waals surface area contributed by atoms with Crippen LogP contribution in [0.15, 0.2) is 42.5 Å². The Morgan fingerprint density at radius 3 is 2.42 bits per heavy atom. The van der Waals surface area contributed by atoms with E-state index in [9.17, 15) is 14.0 Å². The van der Waals surface area contributed by atoms with Crippen LogP contribution >= 0.6 is 0 Å². The summed E-state index contributed by atoms with van der Waals surface area (Å²) in [5.41, 5.74) is 1.54. The number of nitrogens with one attached hydrogen (secondary N) is 1. The van der Waals surface area contributed by atoms with Gasteiger partial charge in [0, 0.05) is 5.69 Å². The fraction of sp³-hybridized carbons (Fsp3) is 0.300. The van der Waals surface area contributed by atoms with Crippen molar-refractivity contribution in [3.63, 3.8) is 0 Å². The minimum absolute atomic E-state index is 0.276. The van der Waals surface area contributed by atoms with Gasteiger partial charge in [-0.3, -0.25) is 4.79 Å². The Morgan fingerprint density at radius 2 is 1.81 bits per heavy atom. The first kappa shape index (κ1) is 19.4. The molecular formula is C20H22FNO4. The van der Waals surface area contributed by atoms with Crippen molar-refractivity contribution in [2.45, 2.75) is 33.3 Å². The van der Waals surface area contributed by atoms with Gasteiger partial charge in [-0.15, -0.1) is 0 Å². The first-order valence-electron chi connectivity index (χ1n) is 8.46. The van der Waals surface area contributed by atoms with Gasteiger partial charge in [0.1, 0.15) is 11.6 Å². The van der Waals surface area contributed by atoms with Crippen molar-refractivity contribution in [3.8, 4) is 5.75 Å². The molecule has 5 nitrogen and oxygen atoms in total. The van der Waals surface area contributed by atoms with Gasteiger partial charge in [-0.1, -0.05) is 13.0 Å². The van der Waals surface area contributed by atoms with E-state index in [-0.39, 0.29) is 18.3 Å². The van der Waals surface area contributed by atoms with Crippen molar-refractivity contribution in [1.29, 1.82) is 0 Å². The molecule has 0 radical (unpaired) electrons. The second kappa shape index (κ2) is 8.99. The van der Waals surface area contributed by atoms with E-state index >= 15 is 0 Å². The van der Waals surface area contributed by atoms with Crippen LogP contribution in [0.1, 0.15) is 36.2 Å². The van der Waals surface area contributed by atoms with Gasteiger partial charge in [0.25, 0.3) is 5.91 Å². The minimum Gasteiger partial charge on any atom is -0.481 e. The molecule has 0 saturated heterocycles. The second-order valence-corrected chi connectivity index (χ2v) is 5.66. The number of rotatable bonds is 7. The van der Waals surface area contributed by atoms with Gasteiger partial charge in [0.05, 0.1) is 12.2 Å². The van der Waals surface area contributed by atoms with Crippen molar-refractivity contribution in [1.82, 2.24) is 0 Å². The lowest BCUT2D eigenvalue weighted by Crippen LogP contribution is -2.32. The van der Waals surface area contributed by atoms with Gasteiger partial charge in [-0.25, -0.2) is 9.18 Å². The number of carbonyl (C=O) groups is 2. The molecule has 0 aliphatic carbocycles. The lowest BCUT2D eigenvalue weighted by Gasteiger charge is -2.18. The highest BCUT2D eigenvalue weighted by molar-refractivity contribution is 5.98. The number of amides is 1. The summed E-state index contributed by atoms with van der Waals surface area (Å²) < 4.78 is 23.6. The van der Waals surface area contributed by atoms with Gasteiger partial charge in [-0.2, -0.15) is 0 Å². The van der Waals surface area contributed by atoms with Crippen LogP contribution in [0.3, 0.4) is 0 Å². The lowest BCUT2D eigenvalue weighted by molar-refractivity contribution is -0.122. The van der Waals surface area contributed by atoms with Gasteiger partial charge in [-0.05, 0) is 62.2 Å². The molecule has 2 rings (SSSR count). The molecule has 1 N–H and O–H groups in total. The van der Waals surface area contributed by atoms with Gasteiger partial charge in [0.2, 0.25) is 0 Å². The highest BCUT2D eigenvalue weighted by Gasteiger charge is 2.20. The number of esters is 1. The fourth-order valence-electron chi connectivity index (χ4n) is 2.41. The molecule has 0 saturated carbocycles. The Morgan fingerprint density at radius 1 is 1.12 bits per heavy atom. The summed E-state index contributed by atoms with van der Waals surface area (Å²) in [7, 11) is 0. The summed E-state index contributed by atoms with van der Waals surface area (Å²) in [6, 6.07) is 10.5. The summed E-state index contributed by atoms with van der Waals surface area (Å²) >= 11 is 0. The summed E-state index contributed by atoms with van der Waals surface area (Å²) in [5, 5.41) is 2.78. The van der Waals surface area contributed by atoms with E-state index in [1.807, 2.05) is 6.92 Å². The van der Waals surface area contributed by atoms with Crippen molar-refractivity contribution in [2.24, 2.45) is 0 Å². The molecule has 1 atom stereocenters. The van der Waals surface area contributed by atoms with Crippen LogP contribution < -0.4 is 10.1 Å². The summed E-state index contributed by atoms with van der Waals surface area (Å²) in [5.74, 6) is -0.747. The molecule has 6 heteroatoms. The Hall–Kier alpha value is -2.89. The average molecular weight is 359 g/mol. The van der Waals surface area contributed by atoms with E-state index in [0.29, 0.717) is 29.0 Å². The maximum Gasteiger partial charge on any atom is 0.338 e. The van der Waals surface area contributed by atoms with E-state index in [0.717, 1.165) is 0 Å². The molecule has 1 amide bonds. The number of anilines is 1. The monoisotopic (exact) mass is 359 g/mol. The molecule has 0 aliphatic rings. The molecule has 0 heterocycles. The standard InChI is InChI=1S/C20H22FNO4/c1-4-18(26-15-11-9-14(21)10-12-15)19(23)22-17-8-6-7-16(13(17)3)20(24)25-5-2/h6-12,18H,4-5H2,1-3H3,(H,22,23)/t18-/m0/s1. The third-order valence-electron chi connectivity index (χ3n) is 3.84. The third kappa shape index (κ3) is 4.81. The molecule has 0 aliphatic heterocycles. The van der Waals surface area contributed by atoms with Crippen LogP contribution in [-0.4, -0.2) is 24.6 Å². The largest absolute Gasteiger partial charge is 0.481 e. The third-order valence-corrected chi connectivity index (χ3v) is 3.84. The Bertz CT molecular complexity index is 774. The predicted octanol–water partition coefficient (Wildman–Crippen LogP) is 4.11. The number of hydrogen-bond acceptors (Lipinski definition) is 4. The number of halogens is 1. The number of carbonyl (C=O) groups excluding carboxylic acids is 2.